The molecule has 0 aliphatic rings. The number of carbonyl (C=O) groups excluding carboxylic acids is 1. The molecule has 3 rings (SSSR count). The highest BCUT2D eigenvalue weighted by Crippen LogP contribution is 2.37. The van der Waals surface area contributed by atoms with Crippen LogP contribution in [-0.4, -0.2) is 17.9 Å². The Morgan fingerprint density at radius 1 is 1.03 bits per heavy atom. The fourth-order valence-corrected chi connectivity index (χ4v) is 3.67. The summed E-state index contributed by atoms with van der Waals surface area (Å²) in [5, 5.41) is 6.07. The Kier molecular flexibility index (Phi) is 6.50. The lowest BCUT2D eigenvalue weighted by Gasteiger charge is -2.23. The van der Waals surface area contributed by atoms with E-state index in [9.17, 15) is 9.70 Å². The molecule has 5 heteroatoms. The molecule has 2 aromatic carbocycles. The van der Waals surface area contributed by atoms with Gasteiger partial charge in [-0.1, -0.05) is 41.6 Å². The number of nitroso groups, excluding NO2 is 1. The topological polar surface area (TPSA) is 71.4 Å². The van der Waals surface area contributed by atoms with Crippen LogP contribution in [0.4, 0.5) is 0 Å². The summed E-state index contributed by atoms with van der Waals surface area (Å²) in [4.78, 5) is 27.9. The predicted octanol–water partition coefficient (Wildman–Crippen LogP) is 5.09. The van der Waals surface area contributed by atoms with Crippen LogP contribution in [0.3, 0.4) is 0 Å². The van der Waals surface area contributed by atoms with Gasteiger partial charge in [-0.05, 0) is 66.8 Å². The highest BCUT2D eigenvalue weighted by atomic mass is 16.3. The number of pyridine rings is 1. The molecule has 0 spiro atoms. The maximum absolute atomic E-state index is 11.9. The van der Waals surface area contributed by atoms with Crippen LogP contribution in [0.5, 0.6) is 0 Å². The molecule has 0 fully saturated rings. The first-order chi connectivity index (χ1) is 14.0. The third kappa shape index (κ3) is 4.74. The van der Waals surface area contributed by atoms with Crippen LogP contribution in [0.1, 0.15) is 56.7 Å². The fraction of sp³-hybridized carbons (Fsp3) is 0.250. The first kappa shape index (κ1) is 20.4. The lowest BCUT2D eigenvalue weighted by atomic mass is 9.82. The Morgan fingerprint density at radius 3 is 2.38 bits per heavy atom. The molecule has 1 amide bonds. The third-order valence-electron chi connectivity index (χ3n) is 5.26. The quantitative estimate of drug-likeness (QED) is 0.574. The summed E-state index contributed by atoms with van der Waals surface area (Å²) in [6.07, 6.45) is 2.25. The smallest absolute Gasteiger partial charge is 0.251 e. The molecule has 2 atom stereocenters. The number of hydrogen-bond donors (Lipinski definition) is 1. The molecule has 148 valence electrons. The van der Waals surface area contributed by atoms with Crippen molar-refractivity contribution in [1.82, 2.24) is 10.3 Å². The number of nitrogens with zero attached hydrogens (tertiary/aromatic N) is 2. The zero-order valence-electron chi connectivity index (χ0n) is 16.9. The number of nitrogens with one attached hydrogen (secondary N) is 1. The number of hydrogen-bond acceptors (Lipinski definition) is 4. The standard InChI is InChI=1S/C24H25N3O2/c1-16-6-4-5-7-21(16)22(18-8-10-19(11-9-18)24(28)25-3)15-23(27-29)20-12-13-26-17(2)14-20/h4-14,22-23H,15H2,1-3H3,(H,25,28)/t22-,23?/m1/s1. The van der Waals surface area contributed by atoms with Crippen LogP contribution in [-0.2, 0) is 0 Å². The molecule has 5 nitrogen and oxygen atoms in total. The molecule has 1 N–H and O–H groups in total. The van der Waals surface area contributed by atoms with Crippen LogP contribution in [0.25, 0.3) is 0 Å². The second kappa shape index (κ2) is 9.24. The van der Waals surface area contributed by atoms with Gasteiger partial charge in [0, 0.05) is 30.4 Å². The maximum atomic E-state index is 11.9. The molecule has 1 unspecified atom stereocenters. The fourth-order valence-electron chi connectivity index (χ4n) is 3.67. The molecule has 1 heterocycles. The molecule has 3 aromatic rings. The lowest BCUT2D eigenvalue weighted by Crippen LogP contribution is -2.17. The first-order valence-electron chi connectivity index (χ1n) is 9.66. The normalized spacial score (nSPS) is 12.8. The summed E-state index contributed by atoms with van der Waals surface area (Å²) in [6.45, 7) is 3.98. The van der Waals surface area contributed by atoms with Gasteiger partial charge in [-0.15, -0.1) is 0 Å². The molecular weight excluding hydrogens is 362 g/mol. The minimum absolute atomic E-state index is 0.0221. The Bertz CT molecular complexity index is 999. The highest BCUT2D eigenvalue weighted by molar-refractivity contribution is 5.93. The highest BCUT2D eigenvalue weighted by Gasteiger charge is 2.23. The number of aryl methyl sites for hydroxylation is 2. The molecule has 0 saturated carbocycles. The van der Waals surface area contributed by atoms with Gasteiger partial charge in [-0.25, -0.2) is 0 Å². The summed E-state index contributed by atoms with van der Waals surface area (Å²) < 4.78 is 0. The van der Waals surface area contributed by atoms with E-state index < -0.39 is 6.04 Å². The van der Waals surface area contributed by atoms with Gasteiger partial charge < -0.3 is 5.32 Å². The average Bonchev–Trinajstić information content (AvgIpc) is 2.75. The van der Waals surface area contributed by atoms with E-state index in [2.05, 4.69) is 34.5 Å². The van der Waals surface area contributed by atoms with Crippen LogP contribution in [0, 0.1) is 18.8 Å². The van der Waals surface area contributed by atoms with Crippen molar-refractivity contribution in [3.05, 3.63) is 105 Å². The van der Waals surface area contributed by atoms with Crippen molar-refractivity contribution < 1.29 is 4.79 Å². The zero-order chi connectivity index (χ0) is 20.8. The van der Waals surface area contributed by atoms with E-state index >= 15 is 0 Å². The van der Waals surface area contributed by atoms with E-state index in [0.29, 0.717) is 12.0 Å². The van der Waals surface area contributed by atoms with Crippen molar-refractivity contribution in [2.75, 3.05) is 7.05 Å². The van der Waals surface area contributed by atoms with Crippen molar-refractivity contribution in [2.45, 2.75) is 32.2 Å². The van der Waals surface area contributed by atoms with E-state index in [4.69, 9.17) is 0 Å². The van der Waals surface area contributed by atoms with Gasteiger partial charge in [-0.3, -0.25) is 9.78 Å². The first-order valence-corrected chi connectivity index (χ1v) is 9.66. The molecule has 29 heavy (non-hydrogen) atoms. The Morgan fingerprint density at radius 2 is 1.76 bits per heavy atom. The van der Waals surface area contributed by atoms with Crippen molar-refractivity contribution in [3.8, 4) is 0 Å². The van der Waals surface area contributed by atoms with Gasteiger partial charge in [0.1, 0.15) is 6.04 Å². The molecular formula is C24H25N3O2. The third-order valence-corrected chi connectivity index (χ3v) is 5.26. The second-order valence-electron chi connectivity index (χ2n) is 7.20. The van der Waals surface area contributed by atoms with E-state index in [1.165, 1.54) is 0 Å². The lowest BCUT2D eigenvalue weighted by molar-refractivity contribution is 0.0963. The predicted molar refractivity (Wildman–Crippen MR) is 115 cm³/mol. The number of aromatic nitrogens is 1. The van der Waals surface area contributed by atoms with Crippen LogP contribution in [0.15, 0.2) is 72.0 Å². The minimum Gasteiger partial charge on any atom is -0.355 e. The van der Waals surface area contributed by atoms with Gasteiger partial charge in [0.2, 0.25) is 0 Å². The van der Waals surface area contributed by atoms with E-state index in [0.717, 1.165) is 27.9 Å². The van der Waals surface area contributed by atoms with Gasteiger partial charge >= 0.3 is 0 Å². The van der Waals surface area contributed by atoms with Crippen molar-refractivity contribution in [2.24, 2.45) is 5.18 Å². The van der Waals surface area contributed by atoms with Gasteiger partial charge in [0.25, 0.3) is 5.91 Å². The summed E-state index contributed by atoms with van der Waals surface area (Å²) >= 11 is 0. The number of benzene rings is 2. The number of carbonyl (C=O) groups is 1. The Hall–Kier alpha value is -3.34. The molecule has 0 aliphatic carbocycles. The SMILES string of the molecule is CNC(=O)c1ccc([C@@H](CC(N=O)c2ccnc(C)c2)c2ccccc2C)cc1. The summed E-state index contributed by atoms with van der Waals surface area (Å²) in [6, 6.07) is 19.0. The average molecular weight is 387 g/mol. The minimum atomic E-state index is -0.486. The van der Waals surface area contributed by atoms with Crippen molar-refractivity contribution in [3.63, 3.8) is 0 Å². The maximum Gasteiger partial charge on any atom is 0.251 e. The van der Waals surface area contributed by atoms with Crippen LogP contribution < -0.4 is 5.32 Å². The van der Waals surface area contributed by atoms with E-state index in [1.807, 2.05) is 55.5 Å². The van der Waals surface area contributed by atoms with Crippen LogP contribution >= 0.6 is 0 Å². The van der Waals surface area contributed by atoms with Crippen molar-refractivity contribution >= 4 is 5.91 Å². The van der Waals surface area contributed by atoms with Crippen LogP contribution in [0.2, 0.25) is 0 Å². The Labute approximate surface area is 171 Å². The zero-order valence-corrected chi connectivity index (χ0v) is 16.9. The number of amides is 1. The molecule has 0 saturated heterocycles. The van der Waals surface area contributed by atoms with Crippen molar-refractivity contribution in [1.29, 1.82) is 0 Å². The largest absolute Gasteiger partial charge is 0.355 e. The summed E-state index contributed by atoms with van der Waals surface area (Å²) in [7, 11) is 1.61. The summed E-state index contributed by atoms with van der Waals surface area (Å²) in [5.41, 5.74) is 5.69. The molecule has 0 radical (unpaired) electrons. The monoisotopic (exact) mass is 387 g/mol. The van der Waals surface area contributed by atoms with Gasteiger partial charge in [0.05, 0.1) is 0 Å². The molecule has 1 aromatic heterocycles. The second-order valence-corrected chi connectivity index (χ2v) is 7.20. The van der Waals surface area contributed by atoms with E-state index in [1.54, 1.807) is 13.2 Å². The van der Waals surface area contributed by atoms with E-state index in [-0.39, 0.29) is 11.8 Å². The Balaban J connectivity index is 2.00. The van der Waals surface area contributed by atoms with Gasteiger partial charge in [-0.2, -0.15) is 4.91 Å². The van der Waals surface area contributed by atoms with Gasteiger partial charge in [0.15, 0.2) is 0 Å². The number of rotatable bonds is 7. The summed E-state index contributed by atoms with van der Waals surface area (Å²) in [5.74, 6) is -0.144. The molecule has 0 bridgehead atoms. The molecule has 0 aliphatic heterocycles.